The molecular formula is C21H18ClN3O3S. The van der Waals surface area contributed by atoms with Crippen LogP contribution < -0.4 is 15.5 Å². The van der Waals surface area contributed by atoms with Gasteiger partial charge >= 0.3 is 0 Å². The van der Waals surface area contributed by atoms with Crippen LogP contribution in [-0.4, -0.2) is 31.2 Å². The van der Waals surface area contributed by atoms with E-state index in [4.69, 9.17) is 16.3 Å². The summed E-state index contributed by atoms with van der Waals surface area (Å²) in [7, 11) is 0. The summed E-state index contributed by atoms with van der Waals surface area (Å²) in [6.07, 6.45) is 3.11. The second-order valence-corrected chi connectivity index (χ2v) is 7.28. The molecule has 3 aromatic rings. The van der Waals surface area contributed by atoms with Crippen LogP contribution in [0.5, 0.6) is 5.75 Å². The van der Waals surface area contributed by atoms with Crippen LogP contribution in [0.4, 0.5) is 0 Å². The van der Waals surface area contributed by atoms with E-state index in [9.17, 15) is 9.59 Å². The number of halogens is 1. The topological polar surface area (TPSA) is 79.8 Å². The molecular weight excluding hydrogens is 410 g/mol. The summed E-state index contributed by atoms with van der Waals surface area (Å²) in [5, 5.41) is 7.66. The number of ether oxygens (including phenoxy) is 1. The zero-order valence-electron chi connectivity index (χ0n) is 15.4. The summed E-state index contributed by atoms with van der Waals surface area (Å²) >= 11 is 7.56. The van der Waals surface area contributed by atoms with E-state index >= 15 is 0 Å². The number of thiophene rings is 1. The average molecular weight is 428 g/mol. The molecule has 1 aromatic heterocycles. The number of nitrogens with one attached hydrogen (secondary N) is 2. The van der Waals surface area contributed by atoms with Crippen LogP contribution in [0.25, 0.3) is 10.1 Å². The fraction of sp³-hybridized carbons (Fsp3) is 0.0952. The average Bonchev–Trinajstić information content (AvgIpc) is 3.08. The molecule has 2 amide bonds. The quantitative estimate of drug-likeness (QED) is 0.324. The van der Waals surface area contributed by atoms with Gasteiger partial charge in [0.05, 0.1) is 17.8 Å². The number of hydrazone groups is 1. The number of amides is 2. The van der Waals surface area contributed by atoms with E-state index in [0.29, 0.717) is 27.8 Å². The Bertz CT molecular complexity index is 1080. The monoisotopic (exact) mass is 427 g/mol. The Kier molecular flexibility index (Phi) is 6.99. The standard InChI is InChI=1S/C21H18ClN3O3S/c1-2-11-28-16-9-5-3-7-14(16)12-24-25-18(26)13-23-21(27)20-19(22)15-8-4-6-10-17(15)29-20/h2-10,12H,1,11,13H2,(H,23,27)(H,25,26)/b24-12-. The molecule has 2 aromatic carbocycles. The lowest BCUT2D eigenvalue weighted by atomic mass is 10.2. The van der Waals surface area contributed by atoms with Crippen molar-refractivity contribution in [1.29, 1.82) is 0 Å². The molecule has 2 N–H and O–H groups in total. The lowest BCUT2D eigenvalue weighted by molar-refractivity contribution is -0.120. The molecule has 0 aliphatic heterocycles. The summed E-state index contributed by atoms with van der Waals surface area (Å²) in [5.41, 5.74) is 3.08. The lowest BCUT2D eigenvalue weighted by Gasteiger charge is -2.06. The number of hydrogen-bond acceptors (Lipinski definition) is 5. The SMILES string of the molecule is C=CCOc1ccccc1/C=N\NC(=O)CNC(=O)c1sc2ccccc2c1Cl. The number of rotatable bonds is 8. The van der Waals surface area contributed by atoms with Crippen molar-refractivity contribution in [3.05, 3.63) is 76.6 Å². The smallest absolute Gasteiger partial charge is 0.263 e. The Labute approximate surface area is 176 Å². The second kappa shape index (κ2) is 9.86. The van der Waals surface area contributed by atoms with Gasteiger partial charge in [0.1, 0.15) is 17.2 Å². The van der Waals surface area contributed by atoms with Gasteiger partial charge in [-0.15, -0.1) is 11.3 Å². The number of hydrogen-bond donors (Lipinski definition) is 2. The minimum Gasteiger partial charge on any atom is -0.489 e. The van der Waals surface area contributed by atoms with E-state index in [0.717, 1.165) is 10.1 Å². The molecule has 8 heteroatoms. The Morgan fingerprint density at radius 2 is 1.93 bits per heavy atom. The van der Waals surface area contributed by atoms with E-state index in [2.05, 4.69) is 22.4 Å². The van der Waals surface area contributed by atoms with Gasteiger partial charge in [0, 0.05) is 15.6 Å². The minimum absolute atomic E-state index is 0.227. The van der Waals surface area contributed by atoms with Crippen molar-refractivity contribution in [1.82, 2.24) is 10.7 Å². The molecule has 148 valence electrons. The van der Waals surface area contributed by atoms with Gasteiger partial charge in [0.25, 0.3) is 11.8 Å². The van der Waals surface area contributed by atoms with Gasteiger partial charge in [-0.05, 0) is 18.2 Å². The third kappa shape index (κ3) is 5.22. The molecule has 0 aliphatic rings. The first-order valence-electron chi connectivity index (χ1n) is 8.70. The van der Waals surface area contributed by atoms with Crippen molar-refractivity contribution in [2.24, 2.45) is 5.10 Å². The molecule has 0 atom stereocenters. The fourth-order valence-corrected chi connectivity index (χ4v) is 3.91. The summed E-state index contributed by atoms with van der Waals surface area (Å²) in [4.78, 5) is 24.7. The molecule has 3 rings (SSSR count). The van der Waals surface area contributed by atoms with Gasteiger partial charge in [-0.3, -0.25) is 9.59 Å². The highest BCUT2D eigenvalue weighted by Crippen LogP contribution is 2.34. The maximum atomic E-state index is 12.4. The number of para-hydroxylation sites is 1. The molecule has 0 fully saturated rings. The molecule has 0 aliphatic carbocycles. The molecule has 29 heavy (non-hydrogen) atoms. The third-order valence-electron chi connectivity index (χ3n) is 3.82. The number of fused-ring (bicyclic) bond motifs is 1. The van der Waals surface area contributed by atoms with Crippen molar-refractivity contribution in [3.8, 4) is 5.75 Å². The Hall–Kier alpha value is -3.16. The third-order valence-corrected chi connectivity index (χ3v) is 5.49. The van der Waals surface area contributed by atoms with Gasteiger partial charge < -0.3 is 10.1 Å². The Morgan fingerprint density at radius 1 is 1.17 bits per heavy atom. The molecule has 6 nitrogen and oxygen atoms in total. The zero-order chi connectivity index (χ0) is 20.6. The highest BCUT2D eigenvalue weighted by Gasteiger charge is 2.17. The van der Waals surface area contributed by atoms with Crippen molar-refractivity contribution < 1.29 is 14.3 Å². The van der Waals surface area contributed by atoms with E-state index in [1.165, 1.54) is 17.6 Å². The van der Waals surface area contributed by atoms with E-state index in [1.54, 1.807) is 18.2 Å². The van der Waals surface area contributed by atoms with Crippen LogP contribution >= 0.6 is 22.9 Å². The molecule has 1 heterocycles. The first kappa shape index (κ1) is 20.6. The van der Waals surface area contributed by atoms with Gasteiger partial charge in [0.2, 0.25) is 0 Å². The van der Waals surface area contributed by atoms with Crippen LogP contribution in [0.2, 0.25) is 5.02 Å². The van der Waals surface area contributed by atoms with Crippen LogP contribution in [0.3, 0.4) is 0 Å². The van der Waals surface area contributed by atoms with E-state index < -0.39 is 11.8 Å². The van der Waals surface area contributed by atoms with Crippen molar-refractivity contribution >= 4 is 51.1 Å². The summed E-state index contributed by atoms with van der Waals surface area (Å²) in [6.45, 7) is 3.75. The second-order valence-electron chi connectivity index (χ2n) is 5.85. The first-order chi connectivity index (χ1) is 14.1. The summed E-state index contributed by atoms with van der Waals surface area (Å²) in [5.74, 6) is -0.243. The predicted octanol–water partition coefficient (Wildman–Crippen LogP) is 4.00. The summed E-state index contributed by atoms with van der Waals surface area (Å²) in [6, 6.07) is 14.7. The minimum atomic E-state index is -0.462. The molecule has 0 spiro atoms. The maximum absolute atomic E-state index is 12.4. The van der Waals surface area contributed by atoms with Crippen molar-refractivity contribution in [3.63, 3.8) is 0 Å². The van der Waals surface area contributed by atoms with Gasteiger partial charge in [-0.1, -0.05) is 54.6 Å². The van der Waals surface area contributed by atoms with Crippen LogP contribution in [-0.2, 0) is 4.79 Å². The normalized spacial score (nSPS) is 10.8. The number of nitrogens with zero attached hydrogens (tertiary/aromatic N) is 1. The molecule has 0 saturated carbocycles. The van der Waals surface area contributed by atoms with E-state index in [1.807, 2.05) is 36.4 Å². The summed E-state index contributed by atoms with van der Waals surface area (Å²) < 4.78 is 6.43. The molecule has 0 radical (unpaired) electrons. The van der Waals surface area contributed by atoms with E-state index in [-0.39, 0.29) is 6.54 Å². The first-order valence-corrected chi connectivity index (χ1v) is 9.89. The predicted molar refractivity (Wildman–Crippen MR) is 117 cm³/mol. The molecule has 0 saturated heterocycles. The van der Waals surface area contributed by atoms with Gasteiger partial charge in [-0.2, -0.15) is 5.10 Å². The van der Waals surface area contributed by atoms with Gasteiger partial charge in [0.15, 0.2) is 0 Å². The highest BCUT2D eigenvalue weighted by atomic mass is 35.5. The van der Waals surface area contributed by atoms with Crippen molar-refractivity contribution in [2.45, 2.75) is 0 Å². The number of benzene rings is 2. The largest absolute Gasteiger partial charge is 0.489 e. The zero-order valence-corrected chi connectivity index (χ0v) is 16.9. The maximum Gasteiger partial charge on any atom is 0.263 e. The van der Waals surface area contributed by atoms with Crippen LogP contribution in [0.1, 0.15) is 15.2 Å². The van der Waals surface area contributed by atoms with Crippen molar-refractivity contribution in [2.75, 3.05) is 13.2 Å². The highest BCUT2D eigenvalue weighted by molar-refractivity contribution is 7.21. The van der Waals surface area contributed by atoms with Crippen LogP contribution in [0.15, 0.2) is 66.3 Å². The van der Waals surface area contributed by atoms with Crippen LogP contribution in [0, 0.1) is 0 Å². The lowest BCUT2D eigenvalue weighted by Crippen LogP contribution is -2.34. The molecule has 0 unspecified atom stereocenters. The molecule has 0 bridgehead atoms. The fourth-order valence-electron chi connectivity index (χ4n) is 2.48. The number of carbonyl (C=O) groups excluding carboxylic acids is 2. The number of carbonyl (C=O) groups is 2. The van der Waals surface area contributed by atoms with Gasteiger partial charge in [-0.25, -0.2) is 5.43 Å². The Morgan fingerprint density at radius 3 is 2.72 bits per heavy atom. The Balaban J connectivity index is 1.55.